The van der Waals surface area contributed by atoms with E-state index in [-0.39, 0.29) is 24.4 Å². The average Bonchev–Trinajstić information content (AvgIpc) is 2.80. The third-order valence-electron chi connectivity index (χ3n) is 6.22. The summed E-state index contributed by atoms with van der Waals surface area (Å²) in [4.78, 5) is 26.7. The van der Waals surface area contributed by atoms with Crippen molar-refractivity contribution in [1.82, 2.24) is 5.32 Å². The van der Waals surface area contributed by atoms with Crippen LogP contribution in [0.1, 0.15) is 45.1 Å². The Morgan fingerprint density at radius 1 is 1.03 bits per heavy atom. The van der Waals surface area contributed by atoms with Crippen LogP contribution in [0.25, 0.3) is 0 Å². The molecule has 4 rings (SSSR count). The summed E-state index contributed by atoms with van der Waals surface area (Å²) in [5.74, 6) is 0.462. The van der Waals surface area contributed by atoms with Crippen molar-refractivity contribution >= 4 is 11.8 Å². The summed E-state index contributed by atoms with van der Waals surface area (Å²) in [5, 5.41) is 3.35. The molecule has 0 fully saturated rings. The maximum Gasteiger partial charge on any atom is 0.336 e. The largest absolute Gasteiger partial charge is 0.497 e. The second-order valence-electron chi connectivity index (χ2n) is 9.50. The topological polar surface area (TPSA) is 73.9 Å². The van der Waals surface area contributed by atoms with E-state index in [9.17, 15) is 9.59 Å². The number of ether oxygens (including phenoxy) is 3. The highest BCUT2D eigenvalue weighted by atomic mass is 16.6. The molecular weight excluding hydrogens is 430 g/mol. The fraction of sp³-hybridized carbons (Fsp3) is 0.357. The Bertz CT molecular complexity index is 1150. The minimum absolute atomic E-state index is 0.0526. The minimum Gasteiger partial charge on any atom is -0.497 e. The van der Waals surface area contributed by atoms with Gasteiger partial charge in [-0.2, -0.15) is 0 Å². The number of para-hydroxylation sites is 1. The van der Waals surface area contributed by atoms with Crippen molar-refractivity contribution in [1.29, 1.82) is 0 Å². The summed E-state index contributed by atoms with van der Waals surface area (Å²) >= 11 is 0. The molecule has 6 heteroatoms. The lowest BCUT2D eigenvalue weighted by atomic mass is 9.68. The first-order valence-corrected chi connectivity index (χ1v) is 11.5. The number of Topliss-reactive ketones (excluding diaryl/α,β-unsaturated/α-hetero) is 1. The molecular formula is C28H31NO5. The second-order valence-corrected chi connectivity index (χ2v) is 9.50. The van der Waals surface area contributed by atoms with Gasteiger partial charge in [-0.15, -0.1) is 0 Å². The van der Waals surface area contributed by atoms with Gasteiger partial charge in [-0.05, 0) is 48.6 Å². The van der Waals surface area contributed by atoms with Gasteiger partial charge in [-0.25, -0.2) is 4.79 Å². The van der Waals surface area contributed by atoms with Gasteiger partial charge in [0, 0.05) is 29.3 Å². The number of ketones is 1. The summed E-state index contributed by atoms with van der Waals surface area (Å²) < 4.78 is 16.7. The lowest BCUT2D eigenvalue weighted by molar-refractivity contribution is -0.140. The molecule has 0 bridgehead atoms. The summed E-state index contributed by atoms with van der Waals surface area (Å²) in [6.07, 6.45) is 1.17. The number of dihydropyridines is 1. The average molecular weight is 462 g/mol. The molecule has 1 heterocycles. The van der Waals surface area contributed by atoms with E-state index in [0.29, 0.717) is 34.8 Å². The zero-order valence-electron chi connectivity index (χ0n) is 20.1. The summed E-state index contributed by atoms with van der Waals surface area (Å²) in [6, 6.07) is 16.9. The molecule has 6 nitrogen and oxygen atoms in total. The number of rotatable bonds is 7. The van der Waals surface area contributed by atoms with Crippen LogP contribution in [0.3, 0.4) is 0 Å². The normalized spacial score (nSPS) is 19.3. The Labute approximate surface area is 200 Å². The molecule has 1 aliphatic carbocycles. The van der Waals surface area contributed by atoms with Crippen molar-refractivity contribution in [2.75, 3.05) is 20.3 Å². The quantitative estimate of drug-likeness (QED) is 0.466. The zero-order valence-corrected chi connectivity index (χ0v) is 20.1. The molecule has 2 aliphatic rings. The molecule has 34 heavy (non-hydrogen) atoms. The first-order valence-electron chi connectivity index (χ1n) is 11.5. The van der Waals surface area contributed by atoms with E-state index in [1.165, 1.54) is 0 Å². The van der Waals surface area contributed by atoms with E-state index >= 15 is 0 Å². The Balaban J connectivity index is 1.62. The van der Waals surface area contributed by atoms with E-state index < -0.39 is 11.9 Å². The SMILES string of the molecule is COc1cccc([C@@H]2C(C(=O)OCCOc3ccccc3)=C(C)NC3=C2C(=O)CC(C)(C)C3)c1. The van der Waals surface area contributed by atoms with E-state index in [4.69, 9.17) is 14.2 Å². The molecule has 2 aromatic carbocycles. The number of hydrogen-bond donors (Lipinski definition) is 1. The van der Waals surface area contributed by atoms with E-state index in [1.807, 2.05) is 61.5 Å². The Morgan fingerprint density at radius 3 is 2.50 bits per heavy atom. The second kappa shape index (κ2) is 9.75. The van der Waals surface area contributed by atoms with E-state index in [1.54, 1.807) is 7.11 Å². The van der Waals surface area contributed by atoms with Gasteiger partial charge in [0.15, 0.2) is 5.78 Å². The Morgan fingerprint density at radius 2 is 1.76 bits per heavy atom. The summed E-state index contributed by atoms with van der Waals surface area (Å²) in [7, 11) is 1.60. The lowest BCUT2D eigenvalue weighted by Crippen LogP contribution is -2.38. The van der Waals surface area contributed by atoms with Crippen LogP contribution in [0.5, 0.6) is 11.5 Å². The number of benzene rings is 2. The fourth-order valence-electron chi connectivity index (χ4n) is 4.75. The van der Waals surface area contributed by atoms with Crippen LogP contribution in [0.15, 0.2) is 77.1 Å². The van der Waals surface area contributed by atoms with Crippen LogP contribution in [0.4, 0.5) is 0 Å². The minimum atomic E-state index is -0.516. The highest BCUT2D eigenvalue weighted by molar-refractivity contribution is 6.04. The van der Waals surface area contributed by atoms with Crippen LogP contribution in [0.2, 0.25) is 0 Å². The number of nitrogens with one attached hydrogen (secondary N) is 1. The molecule has 178 valence electrons. The Hall–Kier alpha value is -3.54. The first kappa shape index (κ1) is 23.6. The molecule has 1 N–H and O–H groups in total. The zero-order chi connectivity index (χ0) is 24.3. The lowest BCUT2D eigenvalue weighted by Gasteiger charge is -2.39. The van der Waals surface area contributed by atoms with Crippen LogP contribution < -0.4 is 14.8 Å². The monoisotopic (exact) mass is 461 g/mol. The van der Waals surface area contributed by atoms with Crippen molar-refractivity contribution < 1.29 is 23.8 Å². The van der Waals surface area contributed by atoms with Crippen molar-refractivity contribution in [3.63, 3.8) is 0 Å². The standard InChI is InChI=1S/C28H31NO5/c1-18-24(27(31)34-14-13-33-20-10-6-5-7-11-20)25(19-9-8-12-21(15-19)32-4)26-22(29-18)16-28(2,3)17-23(26)30/h5-12,15,25,29H,13-14,16-17H2,1-4H3/t25-/m1/s1. The highest BCUT2D eigenvalue weighted by Crippen LogP contribution is 2.47. The van der Waals surface area contributed by atoms with Crippen LogP contribution in [-0.2, 0) is 14.3 Å². The van der Waals surface area contributed by atoms with Crippen LogP contribution in [0, 0.1) is 5.41 Å². The summed E-state index contributed by atoms with van der Waals surface area (Å²) in [5.41, 5.74) is 3.36. The number of carbonyl (C=O) groups excluding carboxylic acids is 2. The third-order valence-corrected chi connectivity index (χ3v) is 6.22. The number of esters is 1. The van der Waals surface area contributed by atoms with Crippen molar-refractivity contribution in [2.24, 2.45) is 5.41 Å². The van der Waals surface area contributed by atoms with Gasteiger partial charge in [0.25, 0.3) is 0 Å². The fourth-order valence-corrected chi connectivity index (χ4v) is 4.75. The van der Waals surface area contributed by atoms with Crippen molar-refractivity contribution in [3.05, 3.63) is 82.7 Å². The smallest absolute Gasteiger partial charge is 0.336 e. The third kappa shape index (κ3) is 5.01. The summed E-state index contributed by atoms with van der Waals surface area (Å²) in [6.45, 7) is 6.38. The number of methoxy groups -OCH3 is 1. The maximum atomic E-state index is 13.4. The first-order chi connectivity index (χ1) is 16.3. The molecule has 0 spiro atoms. The molecule has 1 aliphatic heterocycles. The van der Waals surface area contributed by atoms with Gasteiger partial charge in [0.05, 0.1) is 12.7 Å². The molecule has 0 aromatic heterocycles. The van der Waals surface area contributed by atoms with E-state index in [2.05, 4.69) is 19.2 Å². The molecule has 0 saturated heterocycles. The number of carbonyl (C=O) groups is 2. The van der Waals surface area contributed by atoms with Crippen LogP contribution >= 0.6 is 0 Å². The van der Waals surface area contributed by atoms with Gasteiger partial charge in [-0.1, -0.05) is 44.2 Å². The molecule has 2 aromatic rings. The van der Waals surface area contributed by atoms with Crippen LogP contribution in [-0.4, -0.2) is 32.1 Å². The molecule has 1 atom stereocenters. The number of hydrogen-bond acceptors (Lipinski definition) is 6. The van der Waals surface area contributed by atoms with Crippen molar-refractivity contribution in [2.45, 2.75) is 39.5 Å². The molecule has 0 amide bonds. The van der Waals surface area contributed by atoms with Gasteiger partial charge in [0.2, 0.25) is 0 Å². The predicted molar refractivity (Wildman–Crippen MR) is 130 cm³/mol. The van der Waals surface area contributed by atoms with Gasteiger partial charge >= 0.3 is 5.97 Å². The van der Waals surface area contributed by atoms with Gasteiger partial charge < -0.3 is 19.5 Å². The highest BCUT2D eigenvalue weighted by Gasteiger charge is 2.43. The molecule has 0 radical (unpaired) electrons. The predicted octanol–water partition coefficient (Wildman–Crippen LogP) is 4.92. The van der Waals surface area contributed by atoms with E-state index in [0.717, 1.165) is 17.7 Å². The Kier molecular flexibility index (Phi) is 6.77. The molecule has 0 unspecified atom stereocenters. The van der Waals surface area contributed by atoms with Gasteiger partial charge in [0.1, 0.15) is 24.7 Å². The number of allylic oxidation sites excluding steroid dienone is 3. The van der Waals surface area contributed by atoms with Gasteiger partial charge in [-0.3, -0.25) is 4.79 Å². The maximum absolute atomic E-state index is 13.4. The molecule has 0 saturated carbocycles. The van der Waals surface area contributed by atoms with Crippen molar-refractivity contribution in [3.8, 4) is 11.5 Å².